The molecular weight excluding hydrogens is 850 g/mol. The highest BCUT2D eigenvalue weighted by molar-refractivity contribution is 9.10. The summed E-state index contributed by atoms with van der Waals surface area (Å²) in [6.07, 6.45) is 6.13. The monoisotopic (exact) mass is 893 g/mol. The lowest BCUT2D eigenvalue weighted by Gasteiger charge is -2.50. The first-order valence-corrected chi connectivity index (χ1v) is 21.2. The van der Waals surface area contributed by atoms with Gasteiger partial charge in [0.25, 0.3) is 11.8 Å². The van der Waals surface area contributed by atoms with Crippen LogP contribution in [-0.2, 0) is 24.6 Å². The lowest BCUT2D eigenvalue weighted by atomic mass is 9.49. The number of anilines is 2. The number of carbonyl (C=O) groups is 4. The number of aryl methyl sites for hydroxylation is 1. The minimum Gasteiger partial charge on any atom is -0.504 e. The molecule has 62 heavy (non-hydrogen) atoms. The van der Waals surface area contributed by atoms with Gasteiger partial charge in [0.15, 0.2) is 11.5 Å². The highest BCUT2D eigenvalue weighted by Gasteiger charge is 2.70. The fourth-order valence-electron chi connectivity index (χ4n) is 10.2. The number of nitrogens with one attached hydrogen (secondary N) is 1. The van der Waals surface area contributed by atoms with Gasteiger partial charge in [0.2, 0.25) is 11.8 Å². The molecule has 12 heteroatoms. The van der Waals surface area contributed by atoms with E-state index in [2.05, 4.69) is 21.4 Å². The predicted molar refractivity (Wildman–Crippen MR) is 239 cm³/mol. The lowest BCUT2D eigenvalue weighted by molar-refractivity contribution is -0.138. The van der Waals surface area contributed by atoms with Gasteiger partial charge in [-0.25, -0.2) is 0 Å². The molecule has 2 aliphatic heterocycles. The van der Waals surface area contributed by atoms with E-state index in [0.29, 0.717) is 38.5 Å². The number of hydrogen-bond donors (Lipinski definition) is 2. The molecule has 0 radical (unpaired) electrons. The number of benzene rings is 5. The molecule has 11 nitrogen and oxygen atoms in total. The summed E-state index contributed by atoms with van der Waals surface area (Å²) >= 11 is 3.61. The number of hydrazine groups is 1. The number of phenols is 1. The largest absolute Gasteiger partial charge is 0.504 e. The number of carbonyl (C=O) groups excluding carboxylic acids is 4. The predicted octanol–water partition coefficient (Wildman–Crippen LogP) is 8.85. The maximum absolute atomic E-state index is 15.5. The quantitative estimate of drug-likeness (QED) is 0.0802. The molecule has 0 spiro atoms. The zero-order valence-electron chi connectivity index (χ0n) is 34.5. The number of phenolic OH excluding ortho intramolecular Hbond substituents is 1. The van der Waals surface area contributed by atoms with Gasteiger partial charge in [-0.15, -0.1) is 0 Å². The molecule has 5 aromatic carbocycles. The summed E-state index contributed by atoms with van der Waals surface area (Å²) in [6, 6.07) is 32.7. The van der Waals surface area contributed by atoms with Crippen LogP contribution in [0.15, 0.2) is 125 Å². The summed E-state index contributed by atoms with van der Waals surface area (Å²) < 4.78 is 17.1. The highest BCUT2D eigenvalue weighted by atomic mass is 79.9. The summed E-state index contributed by atoms with van der Waals surface area (Å²) in [4.78, 5) is 61.1. The molecule has 0 unspecified atom stereocenters. The van der Waals surface area contributed by atoms with Crippen LogP contribution < -0.4 is 24.5 Å². The Balaban J connectivity index is 1.13. The van der Waals surface area contributed by atoms with Crippen LogP contribution in [0.1, 0.15) is 46.6 Å². The molecule has 4 aliphatic rings. The molecule has 3 fully saturated rings. The third-order valence-corrected chi connectivity index (χ3v) is 13.5. The number of methoxy groups -OCH3 is 3. The van der Waals surface area contributed by atoms with Crippen molar-refractivity contribution in [2.24, 2.45) is 23.7 Å². The zero-order valence-corrected chi connectivity index (χ0v) is 36.1. The van der Waals surface area contributed by atoms with Crippen LogP contribution in [0.25, 0.3) is 12.2 Å². The van der Waals surface area contributed by atoms with Gasteiger partial charge >= 0.3 is 0 Å². The number of rotatable bonds is 10. The van der Waals surface area contributed by atoms with Crippen LogP contribution in [-0.4, -0.2) is 55.1 Å². The molecule has 2 aliphatic carbocycles. The van der Waals surface area contributed by atoms with Gasteiger partial charge in [-0.05, 0) is 91.4 Å². The van der Waals surface area contributed by atoms with Crippen molar-refractivity contribution in [2.75, 3.05) is 31.7 Å². The van der Waals surface area contributed by atoms with E-state index >= 15 is 9.59 Å². The first-order valence-electron chi connectivity index (χ1n) is 20.4. The normalized spacial score (nSPS) is 24.1. The Hall–Kier alpha value is -6.66. The Morgan fingerprint density at radius 2 is 1.50 bits per heavy atom. The molecule has 4 amide bonds. The van der Waals surface area contributed by atoms with E-state index in [1.165, 1.54) is 12.0 Å². The summed E-state index contributed by atoms with van der Waals surface area (Å²) in [6.45, 7) is 1.95. The Morgan fingerprint density at radius 1 is 0.774 bits per heavy atom. The number of nitrogens with zero attached hydrogens (tertiary/aromatic N) is 2. The number of aromatic hydroxyl groups is 1. The SMILES string of the molecule is COc1ccc(OC)c(C=Cc2ccc(N3C(=O)[C@H]4[C@H](CC=C5[C@H]4C[C@H]4C(=O)N(Nc6ccc(C)cc6)C(=O)[C@@]4(c4ccccc4)[C@H]5c4cc(Br)cc(OC)c4O)C3=O)cc2)c1. The van der Waals surface area contributed by atoms with Crippen molar-refractivity contribution >= 4 is 63.1 Å². The van der Waals surface area contributed by atoms with Crippen molar-refractivity contribution in [3.8, 4) is 23.0 Å². The van der Waals surface area contributed by atoms with Gasteiger partial charge in [0, 0.05) is 21.5 Å². The van der Waals surface area contributed by atoms with E-state index in [9.17, 15) is 14.7 Å². The molecule has 6 atom stereocenters. The van der Waals surface area contributed by atoms with Gasteiger partial charge in [-0.3, -0.25) is 29.5 Å². The Kier molecular flexibility index (Phi) is 10.5. The number of fused-ring (bicyclic) bond motifs is 4. The summed E-state index contributed by atoms with van der Waals surface area (Å²) in [7, 11) is 4.66. The maximum atomic E-state index is 15.5. The van der Waals surface area contributed by atoms with Crippen molar-refractivity contribution in [1.29, 1.82) is 0 Å². The Labute approximate surface area is 367 Å². The fraction of sp³-hybridized carbons (Fsp3) is 0.240. The summed E-state index contributed by atoms with van der Waals surface area (Å²) in [5.41, 5.74) is 6.89. The van der Waals surface area contributed by atoms with E-state index in [4.69, 9.17) is 14.2 Å². The molecule has 0 aromatic heterocycles. The van der Waals surface area contributed by atoms with Gasteiger partial charge in [0.05, 0.1) is 55.9 Å². The van der Waals surface area contributed by atoms with Crippen molar-refractivity contribution in [3.05, 3.63) is 153 Å². The average Bonchev–Trinajstić information content (AvgIpc) is 3.67. The van der Waals surface area contributed by atoms with Crippen LogP contribution in [0.4, 0.5) is 11.4 Å². The van der Waals surface area contributed by atoms with Crippen molar-refractivity contribution < 1.29 is 38.5 Å². The van der Waals surface area contributed by atoms with Crippen LogP contribution in [0.5, 0.6) is 23.0 Å². The lowest BCUT2D eigenvalue weighted by Crippen LogP contribution is -2.53. The van der Waals surface area contributed by atoms with Gasteiger partial charge in [-0.2, -0.15) is 5.01 Å². The second kappa shape index (κ2) is 16.0. The minimum atomic E-state index is -1.56. The molecule has 5 aromatic rings. The molecule has 1 saturated carbocycles. The van der Waals surface area contributed by atoms with Crippen LogP contribution in [0.2, 0.25) is 0 Å². The van der Waals surface area contributed by atoms with Crippen LogP contribution in [0, 0.1) is 30.6 Å². The van der Waals surface area contributed by atoms with E-state index < -0.39 is 46.8 Å². The topological polar surface area (TPSA) is 135 Å². The maximum Gasteiger partial charge on any atom is 0.260 e. The van der Waals surface area contributed by atoms with Crippen LogP contribution in [0.3, 0.4) is 0 Å². The highest BCUT2D eigenvalue weighted by Crippen LogP contribution is 2.65. The molecule has 2 heterocycles. The van der Waals surface area contributed by atoms with Gasteiger partial charge < -0.3 is 19.3 Å². The zero-order chi connectivity index (χ0) is 43.4. The number of halogens is 1. The van der Waals surface area contributed by atoms with Crippen LogP contribution >= 0.6 is 15.9 Å². The van der Waals surface area contributed by atoms with E-state index in [1.807, 2.05) is 97.9 Å². The Bertz CT molecular complexity index is 2680. The second-order valence-corrected chi connectivity index (χ2v) is 17.1. The van der Waals surface area contributed by atoms with E-state index in [0.717, 1.165) is 27.3 Å². The third kappa shape index (κ3) is 6.47. The minimum absolute atomic E-state index is 0.116. The summed E-state index contributed by atoms with van der Waals surface area (Å²) in [5, 5.41) is 13.1. The fourth-order valence-corrected chi connectivity index (χ4v) is 10.7. The third-order valence-electron chi connectivity index (χ3n) is 13.0. The number of imide groups is 2. The molecule has 314 valence electrons. The molecule has 2 N–H and O–H groups in total. The van der Waals surface area contributed by atoms with Gasteiger partial charge in [0.1, 0.15) is 11.5 Å². The molecule has 2 saturated heterocycles. The molecule has 9 rings (SSSR count). The number of allylic oxidation sites excluding steroid dienone is 2. The number of amides is 4. The first-order chi connectivity index (χ1) is 30.0. The van der Waals surface area contributed by atoms with Crippen molar-refractivity contribution in [1.82, 2.24) is 5.01 Å². The van der Waals surface area contributed by atoms with E-state index in [-0.39, 0.29) is 36.2 Å². The standard InChI is InChI=1S/C50H44BrN3O8/c1-28-10-16-33(17-11-28)52-54-47(57)40-27-38-36(44(39-25-32(51)26-42(62-4)45(39)55)50(40,49(54)59)31-8-6-5-7-9-31)21-22-37-43(38)48(58)53(46(37)56)34-18-13-29(14-19-34)12-15-30-24-35(60-2)20-23-41(30)61-3/h5-21,23-26,37-38,40,43-44,52,55H,22,27H2,1-4H3/t37-,38+,40-,43-,44+,50+/m0/s1. The van der Waals surface area contributed by atoms with Crippen molar-refractivity contribution in [2.45, 2.75) is 31.1 Å². The smallest absolute Gasteiger partial charge is 0.260 e. The summed E-state index contributed by atoms with van der Waals surface area (Å²) in [5.74, 6) is -4.33. The van der Waals surface area contributed by atoms with Gasteiger partial charge in [-0.1, -0.05) is 99.9 Å². The number of ether oxygens (including phenoxy) is 3. The number of hydrogen-bond acceptors (Lipinski definition) is 9. The second-order valence-electron chi connectivity index (χ2n) is 16.2. The van der Waals surface area contributed by atoms with E-state index in [1.54, 1.807) is 50.6 Å². The first kappa shape index (κ1) is 40.7. The Morgan fingerprint density at radius 3 is 2.19 bits per heavy atom. The molecular formula is C50H44BrN3O8. The average molecular weight is 895 g/mol. The molecule has 0 bridgehead atoms. The van der Waals surface area contributed by atoms with Crippen molar-refractivity contribution in [3.63, 3.8) is 0 Å².